The van der Waals surface area contributed by atoms with Crippen LogP contribution in [0.4, 0.5) is 8.78 Å². The fourth-order valence-corrected chi connectivity index (χ4v) is 1.19. The normalized spacial score (nSPS) is 9.82. The Morgan fingerprint density at radius 3 is 2.65 bits per heavy atom. The van der Waals surface area contributed by atoms with Crippen LogP contribution in [0.1, 0.15) is 15.9 Å². The summed E-state index contributed by atoms with van der Waals surface area (Å²) in [5.41, 5.74) is -0.763. The van der Waals surface area contributed by atoms with Crippen LogP contribution in [0.5, 0.6) is 11.5 Å². The Kier molecular flexibility index (Phi) is 3.82. The molecule has 0 aliphatic carbocycles. The minimum absolute atomic E-state index is 0.312. The maximum Gasteiger partial charge on any atom is 0.387 e. The number of phenols is 1. The maximum atomic E-state index is 12.1. The summed E-state index contributed by atoms with van der Waals surface area (Å²) in [6.07, 6.45) is 0. The van der Waals surface area contributed by atoms with Crippen molar-refractivity contribution in [3.63, 3.8) is 0 Å². The molecule has 0 amide bonds. The number of hydrogen-bond acceptors (Lipinski definition) is 5. The number of ether oxygens (including phenoxy) is 2. The van der Waals surface area contributed by atoms with Gasteiger partial charge in [0.05, 0.1) is 12.7 Å². The second kappa shape index (κ2) is 5.12. The second-order valence-corrected chi connectivity index (χ2v) is 2.85. The Hall–Kier alpha value is -2.36. The molecule has 7 heteroatoms. The average Bonchev–Trinajstić information content (AvgIpc) is 2.26. The van der Waals surface area contributed by atoms with E-state index in [1.54, 1.807) is 6.07 Å². The van der Waals surface area contributed by atoms with Crippen molar-refractivity contribution in [2.24, 2.45) is 0 Å². The molecule has 0 radical (unpaired) electrons. The number of alkyl halides is 2. The first-order chi connectivity index (χ1) is 7.99. The highest BCUT2D eigenvalue weighted by Gasteiger charge is 2.22. The zero-order chi connectivity index (χ0) is 13.0. The average molecular weight is 243 g/mol. The standard InChI is InChI=1S/C10H7F2NO4/c1-16-9(15)8-5(4-13)2-6(14)3-7(8)17-10(11)12/h2-3,10,14H,1H3. The van der Waals surface area contributed by atoms with Gasteiger partial charge in [-0.15, -0.1) is 0 Å². The molecular weight excluding hydrogens is 236 g/mol. The summed E-state index contributed by atoms with van der Waals surface area (Å²) in [5.74, 6) is -2.08. The molecule has 0 bridgehead atoms. The summed E-state index contributed by atoms with van der Waals surface area (Å²) in [5, 5.41) is 17.9. The van der Waals surface area contributed by atoms with Crippen LogP contribution in [-0.2, 0) is 4.74 Å². The van der Waals surface area contributed by atoms with Gasteiger partial charge < -0.3 is 14.6 Å². The zero-order valence-corrected chi connectivity index (χ0v) is 8.61. The second-order valence-electron chi connectivity index (χ2n) is 2.85. The van der Waals surface area contributed by atoms with E-state index in [9.17, 15) is 18.7 Å². The first kappa shape index (κ1) is 12.7. The lowest BCUT2D eigenvalue weighted by molar-refractivity contribution is -0.0504. The molecule has 0 spiro atoms. The number of carbonyl (C=O) groups is 1. The molecule has 0 atom stereocenters. The molecule has 0 aliphatic heterocycles. The van der Waals surface area contributed by atoms with Crippen LogP contribution in [-0.4, -0.2) is 24.8 Å². The van der Waals surface area contributed by atoms with Gasteiger partial charge in [0.15, 0.2) is 0 Å². The van der Waals surface area contributed by atoms with Crippen LogP contribution in [0, 0.1) is 11.3 Å². The van der Waals surface area contributed by atoms with Gasteiger partial charge in [-0.3, -0.25) is 0 Å². The Bertz CT molecular complexity index is 482. The Morgan fingerprint density at radius 1 is 1.53 bits per heavy atom. The van der Waals surface area contributed by atoms with Crippen molar-refractivity contribution < 1.29 is 28.2 Å². The molecular formula is C10H7F2NO4. The molecule has 1 rings (SSSR count). The highest BCUT2D eigenvalue weighted by atomic mass is 19.3. The quantitative estimate of drug-likeness (QED) is 0.816. The van der Waals surface area contributed by atoms with E-state index >= 15 is 0 Å². The van der Waals surface area contributed by atoms with Gasteiger partial charge in [0.25, 0.3) is 0 Å². The van der Waals surface area contributed by atoms with E-state index in [1.165, 1.54) is 0 Å². The Balaban J connectivity index is 3.39. The van der Waals surface area contributed by atoms with Crippen LogP contribution < -0.4 is 4.74 Å². The number of nitriles is 1. The first-order valence-corrected chi connectivity index (χ1v) is 4.29. The van der Waals surface area contributed by atoms with Crippen molar-refractivity contribution in [2.75, 3.05) is 7.11 Å². The summed E-state index contributed by atoms with van der Waals surface area (Å²) >= 11 is 0. The van der Waals surface area contributed by atoms with Gasteiger partial charge in [-0.1, -0.05) is 0 Å². The number of esters is 1. The van der Waals surface area contributed by atoms with Gasteiger partial charge in [-0.05, 0) is 6.07 Å². The van der Waals surface area contributed by atoms with E-state index in [4.69, 9.17) is 5.26 Å². The third-order valence-corrected chi connectivity index (χ3v) is 1.81. The molecule has 1 N–H and O–H groups in total. The van der Waals surface area contributed by atoms with Gasteiger partial charge in [-0.2, -0.15) is 14.0 Å². The van der Waals surface area contributed by atoms with E-state index in [0.29, 0.717) is 0 Å². The molecule has 0 aliphatic rings. The smallest absolute Gasteiger partial charge is 0.387 e. The molecule has 17 heavy (non-hydrogen) atoms. The summed E-state index contributed by atoms with van der Waals surface area (Å²) < 4.78 is 32.6. The van der Waals surface area contributed by atoms with Crippen molar-refractivity contribution in [1.82, 2.24) is 0 Å². The minimum atomic E-state index is -3.19. The number of halogens is 2. The van der Waals surface area contributed by atoms with Crippen molar-refractivity contribution >= 4 is 5.97 Å². The predicted molar refractivity (Wildman–Crippen MR) is 50.8 cm³/mol. The van der Waals surface area contributed by atoms with Gasteiger partial charge in [-0.25, -0.2) is 4.79 Å². The summed E-state index contributed by atoms with van der Waals surface area (Å²) in [4.78, 5) is 11.3. The number of methoxy groups -OCH3 is 1. The number of phenolic OH excluding ortho intramolecular Hbond substituents is 1. The SMILES string of the molecule is COC(=O)c1c(C#N)cc(O)cc1OC(F)F. The first-order valence-electron chi connectivity index (χ1n) is 4.29. The monoisotopic (exact) mass is 243 g/mol. The van der Waals surface area contributed by atoms with Crippen LogP contribution in [0.2, 0.25) is 0 Å². The van der Waals surface area contributed by atoms with E-state index < -0.39 is 29.6 Å². The summed E-state index contributed by atoms with van der Waals surface area (Å²) in [6, 6.07) is 3.33. The lowest BCUT2D eigenvalue weighted by Gasteiger charge is -2.10. The molecule has 5 nitrogen and oxygen atoms in total. The van der Waals surface area contributed by atoms with Crippen LogP contribution in [0.15, 0.2) is 12.1 Å². The topological polar surface area (TPSA) is 79.6 Å². The van der Waals surface area contributed by atoms with Crippen LogP contribution in [0.25, 0.3) is 0 Å². The lowest BCUT2D eigenvalue weighted by atomic mass is 10.1. The Labute approximate surface area is 94.8 Å². The molecule has 0 saturated carbocycles. The molecule has 0 heterocycles. The fourth-order valence-electron chi connectivity index (χ4n) is 1.19. The van der Waals surface area contributed by atoms with Gasteiger partial charge >= 0.3 is 12.6 Å². The summed E-state index contributed by atoms with van der Waals surface area (Å²) in [7, 11) is 1.03. The summed E-state index contributed by atoms with van der Waals surface area (Å²) in [6.45, 7) is -3.19. The largest absolute Gasteiger partial charge is 0.508 e. The number of benzene rings is 1. The number of aromatic hydroxyl groups is 1. The molecule has 0 saturated heterocycles. The number of rotatable bonds is 3. The maximum absolute atomic E-state index is 12.1. The van der Waals surface area contributed by atoms with Crippen LogP contribution in [0.3, 0.4) is 0 Å². The van der Waals surface area contributed by atoms with E-state index in [1.807, 2.05) is 0 Å². The third kappa shape index (κ3) is 2.81. The molecule has 0 unspecified atom stereocenters. The molecule has 1 aromatic rings. The molecule has 90 valence electrons. The van der Waals surface area contributed by atoms with E-state index in [-0.39, 0.29) is 5.56 Å². The number of nitrogens with zero attached hydrogens (tertiary/aromatic N) is 1. The van der Waals surface area contributed by atoms with Crippen molar-refractivity contribution in [1.29, 1.82) is 5.26 Å². The van der Waals surface area contributed by atoms with Crippen molar-refractivity contribution in [3.05, 3.63) is 23.3 Å². The highest BCUT2D eigenvalue weighted by molar-refractivity contribution is 5.95. The highest BCUT2D eigenvalue weighted by Crippen LogP contribution is 2.29. The Morgan fingerprint density at radius 2 is 2.18 bits per heavy atom. The fraction of sp³-hybridized carbons (Fsp3) is 0.200. The molecule has 1 aromatic carbocycles. The van der Waals surface area contributed by atoms with Gasteiger partial charge in [0, 0.05) is 6.07 Å². The van der Waals surface area contributed by atoms with Gasteiger partial charge in [0.1, 0.15) is 23.1 Å². The molecule has 0 aromatic heterocycles. The van der Waals surface area contributed by atoms with Crippen LogP contribution >= 0.6 is 0 Å². The van der Waals surface area contributed by atoms with E-state index in [2.05, 4.69) is 9.47 Å². The molecule has 0 fully saturated rings. The third-order valence-electron chi connectivity index (χ3n) is 1.81. The minimum Gasteiger partial charge on any atom is -0.508 e. The number of carbonyl (C=O) groups excluding carboxylic acids is 1. The van der Waals surface area contributed by atoms with E-state index in [0.717, 1.165) is 19.2 Å². The van der Waals surface area contributed by atoms with Gasteiger partial charge in [0.2, 0.25) is 0 Å². The lowest BCUT2D eigenvalue weighted by Crippen LogP contribution is -2.11. The predicted octanol–water partition coefficient (Wildman–Crippen LogP) is 1.65. The van der Waals surface area contributed by atoms with Crippen molar-refractivity contribution in [2.45, 2.75) is 6.61 Å². The van der Waals surface area contributed by atoms with Crippen molar-refractivity contribution in [3.8, 4) is 17.6 Å². The number of hydrogen-bond donors (Lipinski definition) is 1. The zero-order valence-electron chi connectivity index (χ0n) is 8.61.